The normalized spacial score (nSPS) is 28.6. The van der Waals surface area contributed by atoms with Gasteiger partial charge in [-0.2, -0.15) is 0 Å². The average molecular weight is 413 g/mol. The lowest BCUT2D eigenvalue weighted by Gasteiger charge is -2.46. The molecule has 0 aliphatic carbocycles. The first-order valence-corrected chi connectivity index (χ1v) is 10.4. The largest absolute Gasteiger partial charge is 0.417 e. The second-order valence-electron chi connectivity index (χ2n) is 7.58. The first kappa shape index (κ1) is 19.8. The van der Waals surface area contributed by atoms with E-state index in [4.69, 9.17) is 9.47 Å². The maximum Gasteiger partial charge on any atom is 0.412 e. The summed E-state index contributed by atoms with van der Waals surface area (Å²) in [6.45, 7) is 3.43. The Kier molecular flexibility index (Phi) is 5.27. The molecule has 2 saturated heterocycles. The summed E-state index contributed by atoms with van der Waals surface area (Å²) in [6.07, 6.45) is -0.495. The zero-order chi connectivity index (χ0) is 20.6. The van der Waals surface area contributed by atoms with Gasteiger partial charge in [-0.05, 0) is 43.2 Å². The van der Waals surface area contributed by atoms with Gasteiger partial charge in [0.15, 0.2) is 0 Å². The van der Waals surface area contributed by atoms with Crippen LogP contribution in [0.25, 0.3) is 0 Å². The van der Waals surface area contributed by atoms with Crippen LogP contribution < -0.4 is 5.32 Å². The standard InChI is InChI=1S/C22H24N2O4S/c1-14(25)23-19-13-18-20(27-21(26)24(18)3)28-22(19,2)15-9-11-17(12-10-15)29-16-7-5-4-6-8-16/h4-12,18-20H,13H2,1-3H3,(H,23,25)/t18-,19+,20+,22+/m1/s1. The molecule has 2 aliphatic heterocycles. The van der Waals surface area contributed by atoms with E-state index in [0.717, 1.165) is 10.5 Å². The third kappa shape index (κ3) is 3.84. The van der Waals surface area contributed by atoms with Crippen molar-refractivity contribution < 1.29 is 19.1 Å². The SMILES string of the molecule is CC(=O)N[C@H]1C[C@@H]2[C@@H](OC(=O)N2C)O[C@@]1(C)c1ccc(Sc2ccccc2)cc1. The van der Waals surface area contributed by atoms with Gasteiger partial charge in [0.1, 0.15) is 5.60 Å². The van der Waals surface area contributed by atoms with Crippen LogP contribution in [0.5, 0.6) is 0 Å². The van der Waals surface area contributed by atoms with Crippen LogP contribution in [0.4, 0.5) is 4.79 Å². The van der Waals surface area contributed by atoms with Crippen LogP contribution in [0, 0.1) is 0 Å². The molecule has 2 fully saturated rings. The topological polar surface area (TPSA) is 67.9 Å². The summed E-state index contributed by atoms with van der Waals surface area (Å²) in [5, 5.41) is 3.01. The second kappa shape index (κ2) is 7.72. The van der Waals surface area contributed by atoms with Gasteiger partial charge in [0.05, 0.1) is 12.1 Å². The predicted molar refractivity (Wildman–Crippen MR) is 109 cm³/mol. The van der Waals surface area contributed by atoms with E-state index >= 15 is 0 Å². The van der Waals surface area contributed by atoms with Gasteiger partial charge in [0, 0.05) is 23.8 Å². The molecular weight excluding hydrogens is 388 g/mol. The first-order chi connectivity index (χ1) is 13.9. The molecule has 29 heavy (non-hydrogen) atoms. The monoisotopic (exact) mass is 412 g/mol. The average Bonchev–Trinajstić information content (AvgIpc) is 2.96. The molecule has 2 amide bonds. The summed E-state index contributed by atoms with van der Waals surface area (Å²) in [4.78, 5) is 27.6. The highest BCUT2D eigenvalue weighted by Gasteiger charge is 2.54. The molecule has 0 spiro atoms. The van der Waals surface area contributed by atoms with E-state index < -0.39 is 18.0 Å². The van der Waals surface area contributed by atoms with Crippen molar-refractivity contribution in [2.75, 3.05) is 7.05 Å². The Morgan fingerprint density at radius 3 is 2.45 bits per heavy atom. The minimum absolute atomic E-state index is 0.132. The number of nitrogens with one attached hydrogen (secondary N) is 1. The van der Waals surface area contributed by atoms with Crippen molar-refractivity contribution in [3.63, 3.8) is 0 Å². The van der Waals surface area contributed by atoms with E-state index in [1.54, 1.807) is 23.7 Å². The van der Waals surface area contributed by atoms with Crippen molar-refractivity contribution in [2.45, 2.75) is 54.0 Å². The lowest BCUT2D eigenvalue weighted by Crippen LogP contribution is -2.59. The molecule has 4 rings (SSSR count). The number of carbonyl (C=O) groups is 2. The highest BCUT2D eigenvalue weighted by atomic mass is 32.2. The summed E-state index contributed by atoms with van der Waals surface area (Å²) in [6, 6.07) is 17.8. The molecule has 4 atom stereocenters. The quantitative estimate of drug-likeness (QED) is 0.828. The van der Waals surface area contributed by atoms with Crippen LogP contribution in [0.15, 0.2) is 64.4 Å². The van der Waals surface area contributed by atoms with Crippen molar-refractivity contribution in [3.05, 3.63) is 60.2 Å². The summed E-state index contributed by atoms with van der Waals surface area (Å²) >= 11 is 1.68. The van der Waals surface area contributed by atoms with Crippen LogP contribution in [-0.4, -0.2) is 42.3 Å². The zero-order valence-corrected chi connectivity index (χ0v) is 17.4. The Morgan fingerprint density at radius 2 is 1.79 bits per heavy atom. The van der Waals surface area contributed by atoms with Crippen LogP contribution in [0.1, 0.15) is 25.8 Å². The Balaban J connectivity index is 1.60. The molecule has 2 aliphatic rings. The number of carbonyl (C=O) groups excluding carboxylic acids is 2. The molecule has 152 valence electrons. The van der Waals surface area contributed by atoms with Crippen LogP contribution in [-0.2, 0) is 19.9 Å². The number of fused-ring (bicyclic) bond motifs is 1. The Bertz CT molecular complexity index is 905. The highest BCUT2D eigenvalue weighted by molar-refractivity contribution is 7.99. The fraction of sp³-hybridized carbons (Fsp3) is 0.364. The molecule has 2 aromatic rings. The lowest BCUT2D eigenvalue weighted by molar-refractivity contribution is -0.220. The van der Waals surface area contributed by atoms with Gasteiger partial charge in [-0.1, -0.05) is 42.1 Å². The van der Waals surface area contributed by atoms with Gasteiger partial charge in [0.25, 0.3) is 0 Å². The van der Waals surface area contributed by atoms with Crippen molar-refractivity contribution in [1.82, 2.24) is 10.2 Å². The molecule has 6 nitrogen and oxygen atoms in total. The number of amides is 2. The summed E-state index contributed by atoms with van der Waals surface area (Å²) < 4.78 is 11.7. The number of likely N-dealkylation sites (N-methyl/N-ethyl adjacent to an activating group) is 1. The van der Waals surface area contributed by atoms with Gasteiger partial charge < -0.3 is 19.7 Å². The minimum atomic E-state index is -0.811. The smallest absolute Gasteiger partial charge is 0.412 e. The van der Waals surface area contributed by atoms with E-state index in [-0.39, 0.29) is 18.0 Å². The first-order valence-electron chi connectivity index (χ1n) is 9.58. The second-order valence-corrected chi connectivity index (χ2v) is 8.73. The molecule has 0 aromatic heterocycles. The Morgan fingerprint density at radius 1 is 1.14 bits per heavy atom. The Labute approximate surface area is 174 Å². The molecule has 7 heteroatoms. The van der Waals surface area contributed by atoms with Crippen LogP contribution in [0.3, 0.4) is 0 Å². The van der Waals surface area contributed by atoms with Gasteiger partial charge in [-0.3, -0.25) is 4.79 Å². The van der Waals surface area contributed by atoms with Crippen molar-refractivity contribution >= 4 is 23.8 Å². The van der Waals surface area contributed by atoms with E-state index in [2.05, 4.69) is 17.4 Å². The molecular formula is C22H24N2O4S. The minimum Gasteiger partial charge on any atom is -0.417 e. The maximum absolute atomic E-state index is 12.0. The number of hydrogen-bond acceptors (Lipinski definition) is 5. The number of hydrogen-bond donors (Lipinski definition) is 1. The van der Waals surface area contributed by atoms with Gasteiger partial charge in [-0.15, -0.1) is 0 Å². The van der Waals surface area contributed by atoms with E-state index in [1.165, 1.54) is 11.8 Å². The van der Waals surface area contributed by atoms with E-state index in [1.807, 2.05) is 49.4 Å². The fourth-order valence-corrected chi connectivity index (χ4v) is 4.77. The third-order valence-corrected chi connectivity index (χ3v) is 6.62. The highest BCUT2D eigenvalue weighted by Crippen LogP contribution is 2.42. The number of benzene rings is 2. The van der Waals surface area contributed by atoms with E-state index in [0.29, 0.717) is 6.42 Å². The zero-order valence-electron chi connectivity index (χ0n) is 16.6. The van der Waals surface area contributed by atoms with E-state index in [9.17, 15) is 9.59 Å². The predicted octanol–water partition coefficient (Wildman–Crippen LogP) is 3.75. The fourth-order valence-electron chi connectivity index (χ4n) is 3.93. The Hall–Kier alpha value is -2.51. The van der Waals surface area contributed by atoms with Crippen molar-refractivity contribution in [1.29, 1.82) is 0 Å². The van der Waals surface area contributed by atoms with Gasteiger partial charge >= 0.3 is 6.09 Å². The molecule has 0 bridgehead atoms. The molecule has 0 saturated carbocycles. The summed E-state index contributed by atoms with van der Waals surface area (Å²) in [7, 11) is 1.69. The maximum atomic E-state index is 12.0. The van der Waals surface area contributed by atoms with Crippen molar-refractivity contribution in [3.8, 4) is 0 Å². The molecule has 0 radical (unpaired) electrons. The number of ether oxygens (including phenoxy) is 2. The molecule has 2 heterocycles. The third-order valence-electron chi connectivity index (χ3n) is 5.60. The van der Waals surface area contributed by atoms with Gasteiger partial charge in [-0.25, -0.2) is 4.79 Å². The molecule has 2 aromatic carbocycles. The molecule has 0 unspecified atom stereocenters. The van der Waals surface area contributed by atoms with Crippen LogP contribution in [0.2, 0.25) is 0 Å². The van der Waals surface area contributed by atoms with Crippen LogP contribution >= 0.6 is 11.8 Å². The summed E-state index contributed by atoms with van der Waals surface area (Å²) in [5.74, 6) is -0.132. The number of nitrogens with zero attached hydrogens (tertiary/aromatic N) is 1. The number of rotatable bonds is 4. The lowest BCUT2D eigenvalue weighted by atomic mass is 9.81. The van der Waals surface area contributed by atoms with Gasteiger partial charge in [0.2, 0.25) is 12.2 Å². The summed E-state index contributed by atoms with van der Waals surface area (Å²) in [5.41, 5.74) is 0.117. The van der Waals surface area contributed by atoms with Crippen molar-refractivity contribution in [2.24, 2.45) is 0 Å². The molecule has 1 N–H and O–H groups in total.